The molecule has 2 rings (SSSR count). The summed E-state index contributed by atoms with van der Waals surface area (Å²) in [5.41, 5.74) is 0. The molecule has 1 fully saturated rings. The Morgan fingerprint density at radius 1 is 1.39 bits per heavy atom. The highest BCUT2D eigenvalue weighted by atomic mass is 16.5. The van der Waals surface area contributed by atoms with E-state index in [0.29, 0.717) is 11.7 Å². The molecule has 0 bridgehead atoms. The summed E-state index contributed by atoms with van der Waals surface area (Å²) in [5.74, 6) is 1.25. The molecule has 1 aromatic heterocycles. The Labute approximate surface area is 108 Å². The fourth-order valence-electron chi connectivity index (χ4n) is 1.93. The molecule has 18 heavy (non-hydrogen) atoms. The van der Waals surface area contributed by atoms with E-state index >= 15 is 0 Å². The third-order valence-corrected chi connectivity index (χ3v) is 2.78. The number of anilines is 1. The number of hydrogen-bond acceptors (Lipinski definition) is 5. The van der Waals surface area contributed by atoms with Gasteiger partial charge in [-0.15, -0.1) is 0 Å². The van der Waals surface area contributed by atoms with Crippen LogP contribution in [-0.4, -0.2) is 35.3 Å². The van der Waals surface area contributed by atoms with Crippen LogP contribution in [-0.2, 0) is 4.74 Å². The minimum Gasteiger partial charge on any atom is -0.472 e. The van der Waals surface area contributed by atoms with Crippen LogP contribution in [0.5, 0.6) is 5.88 Å². The Morgan fingerprint density at radius 2 is 2.22 bits per heavy atom. The number of rotatable bonds is 5. The summed E-state index contributed by atoms with van der Waals surface area (Å²) in [5, 5.41) is 3.26. The molecule has 2 heterocycles. The van der Waals surface area contributed by atoms with Crippen molar-refractivity contribution < 1.29 is 9.47 Å². The van der Waals surface area contributed by atoms with E-state index in [1.807, 2.05) is 13.8 Å². The molecule has 0 spiro atoms. The van der Waals surface area contributed by atoms with Crippen LogP contribution in [0.2, 0.25) is 0 Å². The molecule has 1 saturated heterocycles. The molecule has 5 heteroatoms. The van der Waals surface area contributed by atoms with Gasteiger partial charge >= 0.3 is 0 Å². The Morgan fingerprint density at radius 3 is 2.94 bits per heavy atom. The fraction of sp³-hybridized carbons (Fsp3) is 0.692. The van der Waals surface area contributed by atoms with E-state index in [0.717, 1.165) is 19.6 Å². The third kappa shape index (κ3) is 3.84. The van der Waals surface area contributed by atoms with Crippen LogP contribution in [0.1, 0.15) is 33.1 Å². The number of nitrogens with zero attached hydrogens (tertiary/aromatic N) is 2. The van der Waals surface area contributed by atoms with Gasteiger partial charge < -0.3 is 14.8 Å². The van der Waals surface area contributed by atoms with Crippen molar-refractivity contribution in [2.24, 2.45) is 0 Å². The molecule has 1 aliphatic rings. The maximum Gasteiger partial charge on any atom is 0.257 e. The highest BCUT2D eigenvalue weighted by molar-refractivity contribution is 5.44. The average molecular weight is 251 g/mol. The van der Waals surface area contributed by atoms with Crippen LogP contribution < -0.4 is 10.1 Å². The van der Waals surface area contributed by atoms with E-state index < -0.39 is 0 Å². The average Bonchev–Trinajstić information content (AvgIpc) is 2.38. The second kappa shape index (κ2) is 6.54. The van der Waals surface area contributed by atoms with Crippen molar-refractivity contribution in [1.82, 2.24) is 9.97 Å². The zero-order valence-electron chi connectivity index (χ0n) is 11.1. The lowest BCUT2D eigenvalue weighted by Crippen LogP contribution is -2.27. The van der Waals surface area contributed by atoms with Crippen molar-refractivity contribution in [1.29, 1.82) is 0 Å². The fourth-order valence-corrected chi connectivity index (χ4v) is 1.93. The minimum atomic E-state index is 0.0909. The van der Waals surface area contributed by atoms with E-state index in [1.165, 1.54) is 12.8 Å². The van der Waals surface area contributed by atoms with Gasteiger partial charge in [-0.2, -0.15) is 0 Å². The van der Waals surface area contributed by atoms with Crippen LogP contribution in [0.15, 0.2) is 12.4 Å². The molecular formula is C13H21N3O2. The smallest absolute Gasteiger partial charge is 0.257 e. The molecule has 1 atom stereocenters. The Bertz CT molecular complexity index is 365. The summed E-state index contributed by atoms with van der Waals surface area (Å²) in [7, 11) is 0. The molecule has 1 unspecified atom stereocenters. The van der Waals surface area contributed by atoms with Crippen LogP contribution in [0.4, 0.5) is 5.82 Å². The molecule has 1 N–H and O–H groups in total. The van der Waals surface area contributed by atoms with Crippen molar-refractivity contribution in [3.8, 4) is 5.88 Å². The highest BCUT2D eigenvalue weighted by Crippen LogP contribution is 2.20. The first-order valence-corrected chi connectivity index (χ1v) is 6.59. The van der Waals surface area contributed by atoms with Crippen molar-refractivity contribution in [2.75, 3.05) is 18.5 Å². The lowest BCUT2D eigenvalue weighted by molar-refractivity contribution is 0.0247. The first kappa shape index (κ1) is 13.1. The van der Waals surface area contributed by atoms with Crippen molar-refractivity contribution in [3.05, 3.63) is 12.4 Å². The second-order valence-electron chi connectivity index (χ2n) is 4.75. The third-order valence-electron chi connectivity index (χ3n) is 2.78. The van der Waals surface area contributed by atoms with E-state index in [-0.39, 0.29) is 12.2 Å². The summed E-state index contributed by atoms with van der Waals surface area (Å²) in [6.07, 6.45) is 7.18. The Balaban J connectivity index is 1.91. The van der Waals surface area contributed by atoms with Crippen molar-refractivity contribution in [2.45, 2.75) is 45.3 Å². The van der Waals surface area contributed by atoms with Gasteiger partial charge in [-0.3, -0.25) is 0 Å². The summed E-state index contributed by atoms with van der Waals surface area (Å²) < 4.78 is 11.3. The lowest BCUT2D eigenvalue weighted by Gasteiger charge is -2.23. The van der Waals surface area contributed by atoms with E-state index in [4.69, 9.17) is 9.47 Å². The predicted molar refractivity (Wildman–Crippen MR) is 69.9 cm³/mol. The SMILES string of the molecule is CC(C)Oc1nccnc1NCC1CCCCO1. The molecule has 0 aliphatic carbocycles. The van der Waals surface area contributed by atoms with Crippen LogP contribution in [0.3, 0.4) is 0 Å². The van der Waals surface area contributed by atoms with Gasteiger partial charge in [0, 0.05) is 25.5 Å². The molecule has 5 nitrogen and oxygen atoms in total. The van der Waals surface area contributed by atoms with Crippen LogP contribution in [0, 0.1) is 0 Å². The second-order valence-corrected chi connectivity index (χ2v) is 4.75. The summed E-state index contributed by atoms with van der Waals surface area (Å²) in [6.45, 7) is 5.57. The largest absolute Gasteiger partial charge is 0.472 e. The van der Waals surface area contributed by atoms with Gasteiger partial charge in [0.2, 0.25) is 0 Å². The van der Waals surface area contributed by atoms with Crippen molar-refractivity contribution in [3.63, 3.8) is 0 Å². The first-order chi connectivity index (χ1) is 8.75. The zero-order chi connectivity index (χ0) is 12.8. The molecule has 0 aromatic carbocycles. The van der Waals surface area contributed by atoms with Crippen LogP contribution in [0.25, 0.3) is 0 Å². The highest BCUT2D eigenvalue weighted by Gasteiger charge is 2.15. The van der Waals surface area contributed by atoms with Gasteiger partial charge in [0.05, 0.1) is 12.2 Å². The number of aromatic nitrogens is 2. The van der Waals surface area contributed by atoms with Gasteiger partial charge in [0.1, 0.15) is 0 Å². The molecule has 1 aromatic rings. The molecular weight excluding hydrogens is 230 g/mol. The normalized spacial score (nSPS) is 19.8. The maximum atomic E-state index is 5.67. The Hall–Kier alpha value is -1.36. The standard InChI is InChI=1S/C13H21N3O2/c1-10(2)18-13-12(14-6-7-15-13)16-9-11-5-3-4-8-17-11/h6-7,10-11H,3-5,8-9H2,1-2H3,(H,14,16). The molecule has 1 aliphatic heterocycles. The summed E-state index contributed by atoms with van der Waals surface area (Å²) in [6, 6.07) is 0. The van der Waals surface area contributed by atoms with Gasteiger partial charge in [-0.25, -0.2) is 9.97 Å². The van der Waals surface area contributed by atoms with E-state index in [1.54, 1.807) is 12.4 Å². The molecule has 0 radical (unpaired) electrons. The van der Waals surface area contributed by atoms with Gasteiger partial charge in [0.25, 0.3) is 5.88 Å². The van der Waals surface area contributed by atoms with E-state index in [2.05, 4.69) is 15.3 Å². The van der Waals surface area contributed by atoms with Gasteiger partial charge in [-0.05, 0) is 33.1 Å². The maximum absolute atomic E-state index is 5.67. The molecule has 100 valence electrons. The quantitative estimate of drug-likeness (QED) is 0.869. The summed E-state index contributed by atoms with van der Waals surface area (Å²) in [4.78, 5) is 8.46. The van der Waals surface area contributed by atoms with Gasteiger partial charge in [-0.1, -0.05) is 0 Å². The lowest BCUT2D eigenvalue weighted by atomic mass is 10.1. The monoisotopic (exact) mass is 251 g/mol. The first-order valence-electron chi connectivity index (χ1n) is 6.59. The predicted octanol–water partition coefficient (Wildman–Crippen LogP) is 2.24. The number of hydrogen-bond donors (Lipinski definition) is 1. The van der Waals surface area contributed by atoms with Crippen molar-refractivity contribution >= 4 is 5.82 Å². The molecule has 0 amide bonds. The Kier molecular flexibility index (Phi) is 4.75. The van der Waals surface area contributed by atoms with E-state index in [9.17, 15) is 0 Å². The number of nitrogens with one attached hydrogen (secondary N) is 1. The van der Waals surface area contributed by atoms with Crippen LogP contribution >= 0.6 is 0 Å². The zero-order valence-corrected chi connectivity index (χ0v) is 11.1. The number of ether oxygens (including phenoxy) is 2. The molecule has 0 saturated carbocycles. The minimum absolute atomic E-state index is 0.0909. The van der Waals surface area contributed by atoms with Gasteiger partial charge in [0.15, 0.2) is 5.82 Å². The summed E-state index contributed by atoms with van der Waals surface area (Å²) >= 11 is 0. The topological polar surface area (TPSA) is 56.3 Å².